The van der Waals surface area contributed by atoms with Crippen molar-refractivity contribution in [3.63, 3.8) is 0 Å². The van der Waals surface area contributed by atoms with Gasteiger partial charge in [0.05, 0.1) is 11.0 Å². The minimum Gasteiger partial charge on any atom is -0.327 e. The van der Waals surface area contributed by atoms with Crippen molar-refractivity contribution in [2.45, 2.75) is 13.5 Å². The molecule has 0 bridgehead atoms. The summed E-state index contributed by atoms with van der Waals surface area (Å²) in [5.74, 6) is 0.955. The fourth-order valence-electron chi connectivity index (χ4n) is 2.50. The first kappa shape index (κ1) is 13.3. The predicted octanol–water partition coefficient (Wildman–Crippen LogP) is 3.77. The zero-order chi connectivity index (χ0) is 14.3. The highest BCUT2D eigenvalue weighted by atomic mass is 79.9. The average Bonchev–Trinajstić information content (AvgIpc) is 2.79. The number of hydrogen-bond donors (Lipinski definition) is 1. The van der Waals surface area contributed by atoms with Gasteiger partial charge in [0.2, 0.25) is 0 Å². The second kappa shape index (κ2) is 5.04. The normalized spacial score (nSPS) is 11.2. The molecule has 4 heteroatoms. The number of imidazole rings is 1. The fraction of sp³-hybridized carbons (Fsp3) is 0.188. The van der Waals surface area contributed by atoms with Crippen LogP contribution >= 0.6 is 15.9 Å². The first-order valence-electron chi connectivity index (χ1n) is 6.53. The van der Waals surface area contributed by atoms with Gasteiger partial charge in [0.1, 0.15) is 5.82 Å². The van der Waals surface area contributed by atoms with Crippen LogP contribution in [0.5, 0.6) is 0 Å². The molecule has 2 N–H and O–H groups in total. The second-order valence-electron chi connectivity index (χ2n) is 4.92. The van der Waals surface area contributed by atoms with Crippen LogP contribution in [0.3, 0.4) is 0 Å². The fourth-order valence-corrected chi connectivity index (χ4v) is 2.94. The molecule has 102 valence electrons. The number of hydrogen-bond acceptors (Lipinski definition) is 2. The van der Waals surface area contributed by atoms with E-state index in [-0.39, 0.29) is 0 Å². The van der Waals surface area contributed by atoms with E-state index in [9.17, 15) is 0 Å². The molecular formula is C16H16BrN3. The highest BCUT2D eigenvalue weighted by Crippen LogP contribution is 2.32. The number of benzene rings is 2. The summed E-state index contributed by atoms with van der Waals surface area (Å²) in [4.78, 5) is 4.81. The van der Waals surface area contributed by atoms with Gasteiger partial charge in [-0.15, -0.1) is 0 Å². The molecular weight excluding hydrogens is 314 g/mol. The van der Waals surface area contributed by atoms with Crippen LogP contribution in [0.15, 0.2) is 40.9 Å². The summed E-state index contributed by atoms with van der Waals surface area (Å²) in [5, 5.41) is 0. The third-order valence-electron chi connectivity index (χ3n) is 3.65. The lowest BCUT2D eigenvalue weighted by molar-refractivity contribution is 0.958. The molecule has 2 aromatic carbocycles. The minimum atomic E-state index is 0.503. The Morgan fingerprint density at radius 2 is 1.95 bits per heavy atom. The molecule has 0 atom stereocenters. The van der Waals surface area contributed by atoms with Crippen molar-refractivity contribution >= 4 is 27.0 Å². The van der Waals surface area contributed by atoms with E-state index in [0.29, 0.717) is 6.54 Å². The van der Waals surface area contributed by atoms with Gasteiger partial charge in [-0.1, -0.05) is 30.3 Å². The maximum absolute atomic E-state index is 5.81. The van der Waals surface area contributed by atoms with Gasteiger partial charge < -0.3 is 10.3 Å². The van der Waals surface area contributed by atoms with E-state index >= 15 is 0 Å². The second-order valence-corrected chi connectivity index (χ2v) is 5.71. The van der Waals surface area contributed by atoms with Crippen LogP contribution in [-0.2, 0) is 13.6 Å². The Bertz CT molecular complexity index is 790. The molecule has 0 saturated carbocycles. The largest absolute Gasteiger partial charge is 0.327 e. The summed E-state index contributed by atoms with van der Waals surface area (Å²) in [6, 6.07) is 12.4. The minimum absolute atomic E-state index is 0.503. The van der Waals surface area contributed by atoms with Crippen LogP contribution in [-0.4, -0.2) is 9.55 Å². The zero-order valence-corrected chi connectivity index (χ0v) is 13.1. The molecule has 3 aromatic rings. The number of nitrogens with two attached hydrogens (primary N) is 1. The summed E-state index contributed by atoms with van der Waals surface area (Å²) in [5.41, 5.74) is 11.3. The van der Waals surface area contributed by atoms with Crippen LogP contribution in [0.4, 0.5) is 0 Å². The highest BCUT2D eigenvalue weighted by molar-refractivity contribution is 9.10. The Morgan fingerprint density at radius 3 is 2.70 bits per heavy atom. The van der Waals surface area contributed by atoms with Gasteiger partial charge in [-0.3, -0.25) is 0 Å². The van der Waals surface area contributed by atoms with Gasteiger partial charge in [0.25, 0.3) is 0 Å². The molecule has 0 radical (unpaired) electrons. The number of nitrogens with zero attached hydrogens (tertiary/aromatic N) is 2. The molecule has 1 aromatic heterocycles. The molecule has 0 unspecified atom stereocenters. The number of aryl methyl sites for hydroxylation is 2. The molecule has 20 heavy (non-hydrogen) atoms. The Hall–Kier alpha value is -1.65. The van der Waals surface area contributed by atoms with Crippen molar-refractivity contribution in [3.05, 3.63) is 52.0 Å². The lowest BCUT2D eigenvalue weighted by atomic mass is 10.1. The van der Waals surface area contributed by atoms with Crippen molar-refractivity contribution in [2.75, 3.05) is 0 Å². The molecule has 0 amide bonds. The van der Waals surface area contributed by atoms with E-state index in [1.165, 1.54) is 5.56 Å². The van der Waals surface area contributed by atoms with Gasteiger partial charge in [-0.2, -0.15) is 0 Å². The van der Waals surface area contributed by atoms with Crippen molar-refractivity contribution in [1.29, 1.82) is 0 Å². The maximum atomic E-state index is 5.81. The van der Waals surface area contributed by atoms with Crippen LogP contribution < -0.4 is 5.73 Å². The molecule has 0 spiro atoms. The Morgan fingerprint density at radius 1 is 1.20 bits per heavy atom. The van der Waals surface area contributed by atoms with Crippen LogP contribution in [0.25, 0.3) is 22.4 Å². The number of halogens is 1. The molecule has 0 saturated heterocycles. The Labute approximate surface area is 126 Å². The van der Waals surface area contributed by atoms with E-state index in [1.54, 1.807) is 0 Å². The summed E-state index contributed by atoms with van der Waals surface area (Å²) >= 11 is 3.67. The third-order valence-corrected chi connectivity index (χ3v) is 4.70. The van der Waals surface area contributed by atoms with Crippen molar-refractivity contribution < 1.29 is 0 Å². The first-order chi connectivity index (χ1) is 9.63. The summed E-state index contributed by atoms with van der Waals surface area (Å²) in [6.07, 6.45) is 0. The standard InChI is InChI=1S/C16H16BrN3/c1-10-5-3-7-12(14(10)17)16-19-15-11(9-18)6-4-8-13(15)20(16)2/h3-8H,9,18H2,1-2H3. The quantitative estimate of drug-likeness (QED) is 0.777. The van der Waals surface area contributed by atoms with Crippen molar-refractivity contribution in [3.8, 4) is 11.4 Å². The monoisotopic (exact) mass is 329 g/mol. The summed E-state index contributed by atoms with van der Waals surface area (Å²) in [7, 11) is 2.04. The molecule has 0 aliphatic carbocycles. The number of rotatable bonds is 2. The molecule has 3 rings (SSSR count). The SMILES string of the molecule is Cc1cccc(-c2nc3c(CN)cccc3n2C)c1Br. The van der Waals surface area contributed by atoms with E-state index < -0.39 is 0 Å². The molecule has 3 nitrogen and oxygen atoms in total. The first-order valence-corrected chi connectivity index (χ1v) is 7.32. The molecule has 0 aliphatic heterocycles. The van der Waals surface area contributed by atoms with Crippen molar-refractivity contribution in [1.82, 2.24) is 9.55 Å². The zero-order valence-electron chi connectivity index (χ0n) is 11.5. The number of para-hydroxylation sites is 1. The smallest absolute Gasteiger partial charge is 0.142 e. The van der Waals surface area contributed by atoms with Crippen LogP contribution in [0.1, 0.15) is 11.1 Å². The number of aromatic nitrogens is 2. The highest BCUT2D eigenvalue weighted by Gasteiger charge is 2.14. The average molecular weight is 330 g/mol. The predicted molar refractivity (Wildman–Crippen MR) is 86.5 cm³/mol. The van der Waals surface area contributed by atoms with E-state index in [4.69, 9.17) is 10.7 Å². The molecule has 0 aliphatic rings. The van der Waals surface area contributed by atoms with Gasteiger partial charge in [-0.05, 0) is 40.0 Å². The third kappa shape index (κ3) is 1.96. The lowest BCUT2D eigenvalue weighted by Crippen LogP contribution is -1.97. The van der Waals surface area contributed by atoms with Gasteiger partial charge in [0, 0.05) is 23.6 Å². The molecule has 1 heterocycles. The topological polar surface area (TPSA) is 43.8 Å². The summed E-state index contributed by atoms with van der Waals surface area (Å²) < 4.78 is 3.21. The summed E-state index contributed by atoms with van der Waals surface area (Å²) in [6.45, 7) is 2.59. The Balaban J connectivity index is 2.32. The van der Waals surface area contributed by atoms with Gasteiger partial charge in [-0.25, -0.2) is 4.98 Å². The van der Waals surface area contributed by atoms with Crippen LogP contribution in [0, 0.1) is 6.92 Å². The van der Waals surface area contributed by atoms with Gasteiger partial charge in [0.15, 0.2) is 0 Å². The Kier molecular flexibility index (Phi) is 3.36. The van der Waals surface area contributed by atoms with Crippen LogP contribution in [0.2, 0.25) is 0 Å². The van der Waals surface area contributed by atoms with Crippen molar-refractivity contribution in [2.24, 2.45) is 12.8 Å². The molecule has 0 fully saturated rings. The number of fused-ring (bicyclic) bond motifs is 1. The van der Waals surface area contributed by atoms with E-state index in [0.717, 1.165) is 32.5 Å². The maximum Gasteiger partial charge on any atom is 0.142 e. The van der Waals surface area contributed by atoms with E-state index in [2.05, 4.69) is 51.7 Å². The lowest BCUT2D eigenvalue weighted by Gasteiger charge is -2.07. The van der Waals surface area contributed by atoms with E-state index in [1.807, 2.05) is 19.2 Å². The van der Waals surface area contributed by atoms with Gasteiger partial charge >= 0.3 is 0 Å².